The summed E-state index contributed by atoms with van der Waals surface area (Å²) in [7, 11) is 2.09. The van der Waals surface area contributed by atoms with Crippen LogP contribution in [0, 0.1) is 0 Å². The Labute approximate surface area is 153 Å². The van der Waals surface area contributed by atoms with Gasteiger partial charge in [-0.25, -0.2) is 4.79 Å². The van der Waals surface area contributed by atoms with Crippen LogP contribution in [-0.2, 0) is 17.8 Å². The average Bonchev–Trinajstić information content (AvgIpc) is 3.06. The Morgan fingerprint density at radius 1 is 1.42 bits per heavy atom. The van der Waals surface area contributed by atoms with Gasteiger partial charge in [0.15, 0.2) is 0 Å². The van der Waals surface area contributed by atoms with Gasteiger partial charge in [-0.15, -0.1) is 0 Å². The number of urea groups is 1. The smallest absolute Gasteiger partial charge is 0.319 e. The number of hydrogen-bond donors (Lipinski definition) is 3. The summed E-state index contributed by atoms with van der Waals surface area (Å²) in [6.45, 7) is 3.30. The number of benzene rings is 1. The van der Waals surface area contributed by atoms with E-state index in [2.05, 4.69) is 32.8 Å². The summed E-state index contributed by atoms with van der Waals surface area (Å²) < 4.78 is 5.56. The molecule has 0 spiro atoms. The number of likely N-dealkylation sites (N-methyl/N-ethyl adjacent to an activating group) is 1. The molecule has 26 heavy (non-hydrogen) atoms. The first-order valence-corrected chi connectivity index (χ1v) is 9.19. The molecule has 1 saturated heterocycles. The van der Waals surface area contributed by atoms with Crippen LogP contribution in [0.1, 0.15) is 24.1 Å². The normalized spacial score (nSPS) is 20.4. The van der Waals surface area contributed by atoms with E-state index in [-0.39, 0.29) is 12.1 Å². The van der Waals surface area contributed by atoms with Crippen molar-refractivity contribution in [2.75, 3.05) is 32.1 Å². The van der Waals surface area contributed by atoms with Gasteiger partial charge in [0.25, 0.3) is 0 Å². The van der Waals surface area contributed by atoms with Gasteiger partial charge in [-0.2, -0.15) is 5.10 Å². The molecule has 1 aromatic heterocycles. The molecule has 0 radical (unpaired) electrons. The van der Waals surface area contributed by atoms with Gasteiger partial charge >= 0.3 is 6.03 Å². The minimum atomic E-state index is -0.158. The van der Waals surface area contributed by atoms with Crippen molar-refractivity contribution in [3.05, 3.63) is 35.5 Å². The number of ether oxygens (including phenoxy) is 1. The summed E-state index contributed by atoms with van der Waals surface area (Å²) in [5.74, 6) is 0. The van der Waals surface area contributed by atoms with Crippen LogP contribution in [0.2, 0.25) is 0 Å². The first-order chi connectivity index (χ1) is 12.7. The summed E-state index contributed by atoms with van der Waals surface area (Å²) in [5, 5.41) is 13.6. The lowest BCUT2D eigenvalue weighted by atomic mass is 10.0. The maximum atomic E-state index is 12.3. The monoisotopic (exact) mass is 355 g/mol. The molecule has 2 aromatic rings. The van der Waals surface area contributed by atoms with Crippen molar-refractivity contribution in [1.29, 1.82) is 0 Å². The zero-order chi connectivity index (χ0) is 17.9. The van der Waals surface area contributed by atoms with E-state index >= 15 is 0 Å². The van der Waals surface area contributed by atoms with Crippen LogP contribution in [0.4, 0.5) is 10.5 Å². The predicted molar refractivity (Wildman–Crippen MR) is 100 cm³/mol. The van der Waals surface area contributed by atoms with Crippen LogP contribution >= 0.6 is 0 Å². The van der Waals surface area contributed by atoms with Crippen molar-refractivity contribution < 1.29 is 9.53 Å². The zero-order valence-corrected chi connectivity index (χ0v) is 15.0. The molecule has 7 nitrogen and oxygen atoms in total. The number of aromatic amines is 1. The highest BCUT2D eigenvalue weighted by molar-refractivity contribution is 5.90. The van der Waals surface area contributed by atoms with Crippen molar-refractivity contribution >= 4 is 11.7 Å². The van der Waals surface area contributed by atoms with Gasteiger partial charge in [-0.3, -0.25) is 5.10 Å². The fraction of sp³-hybridized carbons (Fsp3) is 0.474. The number of piperidine rings is 1. The number of nitrogens with zero attached hydrogens (tertiary/aromatic N) is 2. The lowest BCUT2D eigenvalue weighted by Gasteiger charge is -2.30. The number of likely N-dealkylation sites (tertiary alicyclic amines) is 1. The minimum absolute atomic E-state index is 0.158. The molecule has 0 aliphatic carbocycles. The summed E-state index contributed by atoms with van der Waals surface area (Å²) in [6, 6.07) is 7.83. The Morgan fingerprint density at radius 2 is 2.35 bits per heavy atom. The predicted octanol–water partition coefficient (Wildman–Crippen LogP) is 2.37. The van der Waals surface area contributed by atoms with E-state index in [0.29, 0.717) is 6.61 Å². The van der Waals surface area contributed by atoms with Crippen molar-refractivity contribution in [3.63, 3.8) is 0 Å². The lowest BCUT2D eigenvalue weighted by Crippen LogP contribution is -2.47. The van der Waals surface area contributed by atoms with Gasteiger partial charge in [0.2, 0.25) is 0 Å². The second-order valence-corrected chi connectivity index (χ2v) is 7.11. The number of anilines is 1. The third-order valence-corrected chi connectivity index (χ3v) is 5.05. The molecule has 3 heterocycles. The van der Waals surface area contributed by atoms with Gasteiger partial charge in [-0.1, -0.05) is 12.1 Å². The van der Waals surface area contributed by atoms with Crippen LogP contribution in [0.3, 0.4) is 0 Å². The second-order valence-electron chi connectivity index (χ2n) is 7.11. The Hall–Kier alpha value is -2.38. The molecular formula is C19H25N5O2. The molecule has 2 aliphatic rings. The van der Waals surface area contributed by atoms with Gasteiger partial charge in [0, 0.05) is 41.5 Å². The Kier molecular flexibility index (Phi) is 4.90. The molecule has 4 rings (SSSR count). The first-order valence-electron chi connectivity index (χ1n) is 9.19. The summed E-state index contributed by atoms with van der Waals surface area (Å²) in [4.78, 5) is 14.6. The standard InChI is InChI=1S/C19H25N5O2/c1-24-8-3-6-15(11-24)21-19(25)20-14-5-2-4-13(10-14)18-16-12-26-9-7-17(16)22-23-18/h2,4-5,10,15H,3,6-9,11-12H2,1H3,(H,22,23)(H2,20,21,25)/t15-/m1/s1. The lowest BCUT2D eigenvalue weighted by molar-refractivity contribution is 0.110. The highest BCUT2D eigenvalue weighted by atomic mass is 16.5. The van der Waals surface area contributed by atoms with E-state index in [1.807, 2.05) is 24.3 Å². The molecule has 0 unspecified atom stereocenters. The average molecular weight is 355 g/mol. The number of rotatable bonds is 3. The van der Waals surface area contributed by atoms with Crippen LogP contribution in [0.25, 0.3) is 11.3 Å². The van der Waals surface area contributed by atoms with E-state index in [1.54, 1.807) is 0 Å². The topological polar surface area (TPSA) is 82.3 Å². The van der Waals surface area contributed by atoms with Crippen molar-refractivity contribution in [2.45, 2.75) is 31.9 Å². The van der Waals surface area contributed by atoms with E-state index in [1.165, 1.54) is 0 Å². The number of amides is 2. The van der Waals surface area contributed by atoms with Crippen molar-refractivity contribution in [1.82, 2.24) is 20.4 Å². The molecular weight excluding hydrogens is 330 g/mol. The van der Waals surface area contributed by atoms with E-state index in [4.69, 9.17) is 4.74 Å². The van der Waals surface area contributed by atoms with Gasteiger partial charge in [-0.05, 0) is 38.6 Å². The molecule has 0 saturated carbocycles. The number of fused-ring (bicyclic) bond motifs is 1. The molecule has 0 bridgehead atoms. The van der Waals surface area contributed by atoms with Crippen LogP contribution in [-0.4, -0.2) is 53.9 Å². The number of nitrogens with one attached hydrogen (secondary N) is 3. The summed E-state index contributed by atoms with van der Waals surface area (Å²) in [6.07, 6.45) is 3.00. The number of carbonyl (C=O) groups excluding carboxylic acids is 1. The molecule has 138 valence electrons. The van der Waals surface area contributed by atoms with Gasteiger partial charge in [0.1, 0.15) is 0 Å². The molecule has 2 amide bonds. The Bertz CT molecular complexity index is 788. The van der Waals surface area contributed by atoms with E-state index < -0.39 is 0 Å². The summed E-state index contributed by atoms with van der Waals surface area (Å²) in [5.41, 5.74) is 4.89. The fourth-order valence-corrected chi connectivity index (χ4v) is 3.73. The maximum Gasteiger partial charge on any atom is 0.319 e. The Balaban J connectivity index is 1.44. The van der Waals surface area contributed by atoms with Gasteiger partial charge < -0.3 is 20.3 Å². The zero-order valence-electron chi connectivity index (χ0n) is 15.0. The number of H-pyrrole nitrogens is 1. The van der Waals surface area contributed by atoms with Crippen molar-refractivity contribution in [3.8, 4) is 11.3 Å². The SMILES string of the molecule is CN1CCC[C@@H](NC(=O)Nc2cccc(-c3n[nH]c4c3COCC4)c2)C1. The van der Waals surface area contributed by atoms with E-state index in [0.717, 1.165) is 67.2 Å². The largest absolute Gasteiger partial charge is 0.376 e. The second kappa shape index (κ2) is 7.47. The molecule has 1 aromatic carbocycles. The maximum absolute atomic E-state index is 12.3. The number of carbonyl (C=O) groups is 1. The number of aromatic nitrogens is 2. The number of hydrogen-bond acceptors (Lipinski definition) is 4. The molecule has 1 fully saturated rings. The van der Waals surface area contributed by atoms with Crippen LogP contribution in [0.15, 0.2) is 24.3 Å². The third-order valence-electron chi connectivity index (χ3n) is 5.05. The van der Waals surface area contributed by atoms with Crippen LogP contribution in [0.5, 0.6) is 0 Å². The van der Waals surface area contributed by atoms with Gasteiger partial charge in [0.05, 0.1) is 18.9 Å². The molecule has 1 atom stereocenters. The summed E-state index contributed by atoms with van der Waals surface area (Å²) >= 11 is 0. The highest BCUT2D eigenvalue weighted by Gasteiger charge is 2.20. The minimum Gasteiger partial charge on any atom is -0.376 e. The van der Waals surface area contributed by atoms with Crippen molar-refractivity contribution in [2.24, 2.45) is 0 Å². The molecule has 3 N–H and O–H groups in total. The molecule has 2 aliphatic heterocycles. The Morgan fingerprint density at radius 3 is 3.23 bits per heavy atom. The van der Waals surface area contributed by atoms with E-state index in [9.17, 15) is 4.79 Å². The third kappa shape index (κ3) is 3.73. The first kappa shape index (κ1) is 17.1. The van der Waals surface area contributed by atoms with Crippen LogP contribution < -0.4 is 10.6 Å². The quantitative estimate of drug-likeness (QED) is 0.789. The fourth-order valence-electron chi connectivity index (χ4n) is 3.73. The highest BCUT2D eigenvalue weighted by Crippen LogP contribution is 2.28. The molecule has 7 heteroatoms.